The van der Waals surface area contributed by atoms with Crippen LogP contribution < -0.4 is 0 Å². The highest BCUT2D eigenvalue weighted by molar-refractivity contribution is 5.55. The van der Waals surface area contributed by atoms with Crippen molar-refractivity contribution in [3.63, 3.8) is 0 Å². The van der Waals surface area contributed by atoms with E-state index in [1.165, 1.54) is 11.6 Å². The van der Waals surface area contributed by atoms with Crippen LogP contribution in [0.5, 0.6) is 0 Å². The van der Waals surface area contributed by atoms with E-state index in [0.717, 1.165) is 44.7 Å². The summed E-state index contributed by atoms with van der Waals surface area (Å²) < 4.78 is 19.1. The van der Waals surface area contributed by atoms with E-state index in [4.69, 9.17) is 9.78 Å². The molecule has 1 unspecified atom stereocenters. The first-order chi connectivity index (χ1) is 15.0. The van der Waals surface area contributed by atoms with Gasteiger partial charge < -0.3 is 4.52 Å². The molecule has 2 heterocycles. The summed E-state index contributed by atoms with van der Waals surface area (Å²) >= 11 is 0. The Morgan fingerprint density at radius 1 is 1.13 bits per heavy atom. The summed E-state index contributed by atoms with van der Waals surface area (Å²) in [5.41, 5.74) is 3.23. The van der Waals surface area contributed by atoms with Crippen LogP contribution in [0.25, 0.3) is 11.4 Å². The van der Waals surface area contributed by atoms with Gasteiger partial charge in [-0.3, -0.25) is 9.80 Å². The minimum atomic E-state index is -0.240. The summed E-state index contributed by atoms with van der Waals surface area (Å²) in [7, 11) is 0. The minimum absolute atomic E-state index is 0.0117. The summed E-state index contributed by atoms with van der Waals surface area (Å²) in [5.74, 6) is 0.829. The summed E-state index contributed by atoms with van der Waals surface area (Å²) in [6.45, 7) is 8.52. The molecule has 3 aromatic rings. The fourth-order valence-electron chi connectivity index (χ4n) is 3.94. The number of nitrogens with zero attached hydrogens (tertiary/aromatic N) is 5. The molecule has 1 aliphatic heterocycles. The van der Waals surface area contributed by atoms with Crippen molar-refractivity contribution in [1.29, 1.82) is 5.26 Å². The molecule has 0 saturated carbocycles. The van der Waals surface area contributed by atoms with Gasteiger partial charge in [-0.2, -0.15) is 10.2 Å². The lowest BCUT2D eigenvalue weighted by molar-refractivity contribution is 0.174. The Bertz CT molecular complexity index is 1070. The molecule has 0 aliphatic carbocycles. The van der Waals surface area contributed by atoms with Crippen LogP contribution >= 0.6 is 0 Å². The number of aromatic nitrogens is 2. The molecule has 1 saturated heterocycles. The first-order valence-electron chi connectivity index (χ1n) is 10.6. The van der Waals surface area contributed by atoms with Crippen LogP contribution in [-0.4, -0.2) is 46.1 Å². The van der Waals surface area contributed by atoms with Crippen LogP contribution in [0, 0.1) is 24.1 Å². The number of benzene rings is 2. The van der Waals surface area contributed by atoms with Gasteiger partial charge in [-0.15, -0.1) is 0 Å². The van der Waals surface area contributed by atoms with Crippen LogP contribution in [0.1, 0.15) is 42.0 Å². The van der Waals surface area contributed by atoms with Gasteiger partial charge in [-0.1, -0.05) is 17.3 Å². The van der Waals surface area contributed by atoms with Gasteiger partial charge >= 0.3 is 0 Å². The molecule has 2 aromatic carbocycles. The van der Waals surface area contributed by atoms with E-state index in [-0.39, 0.29) is 11.9 Å². The Morgan fingerprint density at radius 3 is 2.68 bits per heavy atom. The van der Waals surface area contributed by atoms with Crippen molar-refractivity contribution in [2.24, 2.45) is 0 Å². The number of halogens is 1. The summed E-state index contributed by atoms with van der Waals surface area (Å²) in [5, 5.41) is 13.1. The first-order valence-corrected chi connectivity index (χ1v) is 10.6. The molecule has 160 valence electrons. The largest absolute Gasteiger partial charge is 0.337 e. The monoisotopic (exact) mass is 419 g/mol. The molecule has 1 fully saturated rings. The lowest BCUT2D eigenvalue weighted by atomic mass is 10.1. The average Bonchev–Trinajstić information content (AvgIpc) is 3.16. The van der Waals surface area contributed by atoms with Gasteiger partial charge in [0.2, 0.25) is 11.7 Å². The van der Waals surface area contributed by atoms with Crippen molar-refractivity contribution in [1.82, 2.24) is 19.9 Å². The first kappa shape index (κ1) is 21.2. The van der Waals surface area contributed by atoms with E-state index in [1.807, 2.05) is 24.3 Å². The van der Waals surface area contributed by atoms with Crippen LogP contribution in [0.15, 0.2) is 47.0 Å². The van der Waals surface area contributed by atoms with Crippen molar-refractivity contribution in [3.8, 4) is 17.5 Å². The molecule has 0 bridgehead atoms. The Morgan fingerprint density at radius 2 is 1.94 bits per heavy atom. The second kappa shape index (κ2) is 9.38. The van der Waals surface area contributed by atoms with Gasteiger partial charge in [0.1, 0.15) is 5.82 Å². The third-order valence-corrected chi connectivity index (χ3v) is 5.88. The quantitative estimate of drug-likeness (QED) is 0.613. The van der Waals surface area contributed by atoms with E-state index >= 15 is 0 Å². The van der Waals surface area contributed by atoms with Gasteiger partial charge in [0.15, 0.2) is 0 Å². The predicted octanol–water partition coefficient (Wildman–Crippen LogP) is 4.32. The third-order valence-electron chi connectivity index (χ3n) is 5.88. The smallest absolute Gasteiger partial charge is 0.244 e. The van der Waals surface area contributed by atoms with Crippen molar-refractivity contribution < 1.29 is 8.91 Å². The van der Waals surface area contributed by atoms with Crippen molar-refractivity contribution in [2.75, 3.05) is 26.2 Å². The third kappa shape index (κ3) is 4.98. The zero-order valence-corrected chi connectivity index (χ0v) is 17.9. The molecule has 0 spiro atoms. The summed E-state index contributed by atoms with van der Waals surface area (Å²) in [6, 6.07) is 14.8. The number of rotatable bonds is 5. The summed E-state index contributed by atoms with van der Waals surface area (Å²) in [4.78, 5) is 9.38. The van der Waals surface area contributed by atoms with E-state index in [2.05, 4.69) is 32.9 Å². The molecule has 1 atom stereocenters. The maximum Gasteiger partial charge on any atom is 0.244 e. The number of aryl methyl sites for hydroxylation is 1. The van der Waals surface area contributed by atoms with Crippen LogP contribution in [0.2, 0.25) is 0 Å². The standard InChI is InChI=1S/C24H26FN5O/c1-17-14-21(8-9-22(17)25)23-27-24(31-28-23)18(2)30-11-3-10-29(12-13-30)16-20-6-4-19(15-26)5-7-20/h4-9,14,18H,3,10-13,16H2,1-2H3. The predicted molar refractivity (Wildman–Crippen MR) is 115 cm³/mol. The number of nitriles is 1. The molecule has 6 nitrogen and oxygen atoms in total. The normalized spacial score (nSPS) is 16.6. The SMILES string of the molecule is Cc1cc(-c2noc(C(C)N3CCCN(Cc4ccc(C#N)cc4)CC3)n2)ccc1F. The van der Waals surface area contributed by atoms with Gasteiger partial charge in [0.05, 0.1) is 17.7 Å². The van der Waals surface area contributed by atoms with E-state index < -0.39 is 0 Å². The lowest BCUT2D eigenvalue weighted by Gasteiger charge is -2.25. The van der Waals surface area contributed by atoms with Crippen molar-refractivity contribution >= 4 is 0 Å². The molecule has 7 heteroatoms. The van der Waals surface area contributed by atoms with Gasteiger partial charge in [0.25, 0.3) is 0 Å². The van der Waals surface area contributed by atoms with Gasteiger partial charge in [0, 0.05) is 31.7 Å². The molecule has 31 heavy (non-hydrogen) atoms. The van der Waals surface area contributed by atoms with Gasteiger partial charge in [-0.05, 0) is 68.3 Å². The molecule has 0 amide bonds. The van der Waals surface area contributed by atoms with Crippen LogP contribution in [-0.2, 0) is 6.54 Å². The fraction of sp³-hybridized carbons (Fsp3) is 0.375. The van der Waals surface area contributed by atoms with Crippen molar-refractivity contribution in [2.45, 2.75) is 32.9 Å². The highest BCUT2D eigenvalue weighted by atomic mass is 19.1. The molecule has 1 aromatic heterocycles. The van der Waals surface area contributed by atoms with Crippen LogP contribution in [0.3, 0.4) is 0 Å². The van der Waals surface area contributed by atoms with Crippen molar-refractivity contribution in [3.05, 3.63) is 70.9 Å². The number of hydrogen-bond acceptors (Lipinski definition) is 6. The molecule has 4 rings (SSSR count). The average molecular weight is 420 g/mol. The molecular formula is C24H26FN5O. The summed E-state index contributed by atoms with van der Waals surface area (Å²) in [6.07, 6.45) is 1.05. The molecule has 1 aliphatic rings. The second-order valence-electron chi connectivity index (χ2n) is 8.07. The topological polar surface area (TPSA) is 69.2 Å². The molecular weight excluding hydrogens is 393 g/mol. The van der Waals surface area contributed by atoms with E-state index in [9.17, 15) is 4.39 Å². The van der Waals surface area contributed by atoms with E-state index in [1.54, 1.807) is 19.1 Å². The molecule has 0 radical (unpaired) electrons. The molecule has 0 N–H and O–H groups in total. The van der Waals surface area contributed by atoms with Gasteiger partial charge in [-0.25, -0.2) is 4.39 Å². The second-order valence-corrected chi connectivity index (χ2v) is 8.07. The number of hydrogen-bond donors (Lipinski definition) is 0. The Balaban J connectivity index is 1.38. The zero-order valence-electron chi connectivity index (χ0n) is 17.9. The maximum absolute atomic E-state index is 13.5. The minimum Gasteiger partial charge on any atom is -0.337 e. The highest BCUT2D eigenvalue weighted by Gasteiger charge is 2.24. The lowest BCUT2D eigenvalue weighted by Crippen LogP contribution is -2.32. The maximum atomic E-state index is 13.5. The Hall–Kier alpha value is -3.08. The zero-order chi connectivity index (χ0) is 21.8. The highest BCUT2D eigenvalue weighted by Crippen LogP contribution is 2.25. The fourth-order valence-corrected chi connectivity index (χ4v) is 3.94. The van der Waals surface area contributed by atoms with E-state index in [0.29, 0.717) is 22.8 Å². The van der Waals surface area contributed by atoms with Crippen LogP contribution in [0.4, 0.5) is 4.39 Å². The Labute approximate surface area is 181 Å². The Kier molecular flexibility index (Phi) is 6.40.